The molecule has 2 aromatic rings. The van der Waals surface area contributed by atoms with E-state index in [-0.39, 0.29) is 0 Å². The van der Waals surface area contributed by atoms with E-state index >= 15 is 0 Å². The summed E-state index contributed by atoms with van der Waals surface area (Å²) in [6, 6.07) is 13.2. The first-order chi connectivity index (χ1) is 9.19. The van der Waals surface area contributed by atoms with Gasteiger partial charge in [0.2, 0.25) is 0 Å². The summed E-state index contributed by atoms with van der Waals surface area (Å²) in [6.07, 6.45) is 2.21. The Morgan fingerprint density at radius 1 is 1.11 bits per heavy atom. The quantitative estimate of drug-likeness (QED) is 0.850. The van der Waals surface area contributed by atoms with Crippen molar-refractivity contribution in [2.24, 2.45) is 5.92 Å². The summed E-state index contributed by atoms with van der Waals surface area (Å²) in [5.74, 6) is 0.713. The number of fused-ring (bicyclic) bond motifs is 1. The fraction of sp³-hybridized carbons (Fsp3) is 0.471. The second-order valence-corrected chi connectivity index (χ2v) is 5.58. The summed E-state index contributed by atoms with van der Waals surface area (Å²) >= 11 is 0. The van der Waals surface area contributed by atoms with Gasteiger partial charge in [0.1, 0.15) is 0 Å². The Morgan fingerprint density at radius 3 is 2.63 bits per heavy atom. The lowest BCUT2D eigenvalue weighted by Crippen LogP contribution is -2.32. The zero-order valence-corrected chi connectivity index (χ0v) is 12.2. The van der Waals surface area contributed by atoms with Gasteiger partial charge in [0.25, 0.3) is 0 Å². The maximum absolute atomic E-state index is 4.76. The van der Waals surface area contributed by atoms with Crippen molar-refractivity contribution in [1.82, 2.24) is 10.3 Å². The zero-order chi connectivity index (χ0) is 13.7. The molecular formula is C17H24N2. The Morgan fingerprint density at radius 2 is 1.89 bits per heavy atom. The van der Waals surface area contributed by atoms with Gasteiger partial charge in [-0.1, -0.05) is 45.0 Å². The van der Waals surface area contributed by atoms with Crippen LogP contribution in [-0.2, 0) is 6.42 Å². The number of rotatable bonds is 6. The van der Waals surface area contributed by atoms with E-state index in [4.69, 9.17) is 4.98 Å². The fourth-order valence-corrected chi connectivity index (χ4v) is 2.57. The molecule has 2 nitrogen and oxygen atoms in total. The molecule has 0 fully saturated rings. The molecule has 0 spiro atoms. The highest BCUT2D eigenvalue weighted by Crippen LogP contribution is 2.15. The van der Waals surface area contributed by atoms with Crippen LogP contribution in [0.3, 0.4) is 0 Å². The number of benzene rings is 1. The average molecular weight is 256 g/mol. The summed E-state index contributed by atoms with van der Waals surface area (Å²) < 4.78 is 0. The SMILES string of the molecule is CCNC(Cc1ccc2ccccc2n1)CC(C)C. The molecule has 1 aromatic carbocycles. The molecule has 1 N–H and O–H groups in total. The maximum Gasteiger partial charge on any atom is 0.0705 e. The number of hydrogen-bond donors (Lipinski definition) is 1. The monoisotopic (exact) mass is 256 g/mol. The number of para-hydroxylation sites is 1. The Bertz CT molecular complexity index is 519. The normalized spacial score (nSPS) is 13.1. The minimum Gasteiger partial charge on any atom is -0.314 e. The van der Waals surface area contributed by atoms with E-state index in [2.05, 4.69) is 62.5 Å². The molecule has 2 heteroatoms. The average Bonchev–Trinajstić information content (AvgIpc) is 2.38. The molecule has 0 aliphatic carbocycles. The van der Waals surface area contributed by atoms with Crippen molar-refractivity contribution in [2.45, 2.75) is 39.7 Å². The van der Waals surface area contributed by atoms with Crippen LogP contribution < -0.4 is 5.32 Å². The van der Waals surface area contributed by atoms with Crippen LogP contribution in [-0.4, -0.2) is 17.6 Å². The van der Waals surface area contributed by atoms with Crippen molar-refractivity contribution in [3.05, 3.63) is 42.1 Å². The van der Waals surface area contributed by atoms with Crippen LogP contribution in [0.2, 0.25) is 0 Å². The first-order valence-corrected chi connectivity index (χ1v) is 7.27. The van der Waals surface area contributed by atoms with Gasteiger partial charge < -0.3 is 5.32 Å². The summed E-state index contributed by atoms with van der Waals surface area (Å²) in [5.41, 5.74) is 2.28. The third-order valence-electron chi connectivity index (χ3n) is 3.36. The molecular weight excluding hydrogens is 232 g/mol. The molecule has 0 aliphatic rings. The van der Waals surface area contributed by atoms with Crippen LogP contribution in [0.5, 0.6) is 0 Å². The molecule has 0 aliphatic heterocycles. The number of hydrogen-bond acceptors (Lipinski definition) is 2. The number of pyridine rings is 1. The lowest BCUT2D eigenvalue weighted by molar-refractivity contribution is 0.421. The van der Waals surface area contributed by atoms with E-state index in [0.717, 1.165) is 18.5 Å². The van der Waals surface area contributed by atoms with Crippen molar-refractivity contribution < 1.29 is 0 Å². The molecule has 0 amide bonds. The highest BCUT2D eigenvalue weighted by atomic mass is 14.9. The Balaban J connectivity index is 2.13. The summed E-state index contributed by atoms with van der Waals surface area (Å²) in [5, 5.41) is 4.79. The van der Waals surface area contributed by atoms with E-state index in [1.807, 2.05) is 0 Å². The molecule has 19 heavy (non-hydrogen) atoms. The van der Waals surface area contributed by atoms with Gasteiger partial charge in [0, 0.05) is 23.5 Å². The van der Waals surface area contributed by atoms with Gasteiger partial charge in [0.15, 0.2) is 0 Å². The van der Waals surface area contributed by atoms with Crippen molar-refractivity contribution in [3.8, 4) is 0 Å². The summed E-state index contributed by atoms with van der Waals surface area (Å²) in [6.45, 7) is 7.74. The Hall–Kier alpha value is -1.41. The molecule has 0 saturated heterocycles. The van der Waals surface area contributed by atoms with E-state index in [9.17, 15) is 0 Å². The van der Waals surface area contributed by atoms with Gasteiger partial charge in [-0.05, 0) is 31.0 Å². The third kappa shape index (κ3) is 4.03. The smallest absolute Gasteiger partial charge is 0.0705 e. The van der Waals surface area contributed by atoms with Gasteiger partial charge in [-0.15, -0.1) is 0 Å². The maximum atomic E-state index is 4.76. The molecule has 1 heterocycles. The second-order valence-electron chi connectivity index (χ2n) is 5.58. The minimum absolute atomic E-state index is 0.527. The van der Waals surface area contributed by atoms with Gasteiger partial charge >= 0.3 is 0 Å². The molecule has 2 rings (SSSR count). The van der Waals surface area contributed by atoms with Crippen LogP contribution in [0.25, 0.3) is 10.9 Å². The first kappa shape index (κ1) is 14.0. The van der Waals surface area contributed by atoms with Crippen molar-refractivity contribution in [3.63, 3.8) is 0 Å². The number of aromatic nitrogens is 1. The number of likely N-dealkylation sites (N-methyl/N-ethyl adjacent to an activating group) is 1. The first-order valence-electron chi connectivity index (χ1n) is 7.27. The highest BCUT2D eigenvalue weighted by Gasteiger charge is 2.11. The molecule has 102 valence electrons. The second kappa shape index (κ2) is 6.67. The number of nitrogens with one attached hydrogen (secondary N) is 1. The predicted molar refractivity (Wildman–Crippen MR) is 82.4 cm³/mol. The molecule has 0 bridgehead atoms. The largest absolute Gasteiger partial charge is 0.314 e. The lowest BCUT2D eigenvalue weighted by Gasteiger charge is -2.19. The Labute approximate surface area is 116 Å². The predicted octanol–water partition coefficient (Wildman–Crippen LogP) is 3.80. The van der Waals surface area contributed by atoms with Gasteiger partial charge in [-0.3, -0.25) is 4.98 Å². The molecule has 0 radical (unpaired) electrons. The van der Waals surface area contributed by atoms with Crippen molar-refractivity contribution in [2.75, 3.05) is 6.54 Å². The number of nitrogens with zero attached hydrogens (tertiary/aromatic N) is 1. The van der Waals surface area contributed by atoms with Crippen LogP contribution in [0.15, 0.2) is 36.4 Å². The molecule has 0 saturated carbocycles. The van der Waals surface area contributed by atoms with Crippen molar-refractivity contribution >= 4 is 10.9 Å². The van der Waals surface area contributed by atoms with Crippen LogP contribution in [0, 0.1) is 5.92 Å². The highest BCUT2D eigenvalue weighted by molar-refractivity contribution is 5.78. The van der Waals surface area contributed by atoms with E-state index in [1.165, 1.54) is 17.5 Å². The fourth-order valence-electron chi connectivity index (χ4n) is 2.57. The summed E-state index contributed by atoms with van der Waals surface area (Å²) in [4.78, 5) is 4.76. The van der Waals surface area contributed by atoms with E-state index < -0.39 is 0 Å². The molecule has 1 unspecified atom stereocenters. The lowest BCUT2D eigenvalue weighted by atomic mass is 9.99. The molecule has 1 aromatic heterocycles. The topological polar surface area (TPSA) is 24.9 Å². The summed E-state index contributed by atoms with van der Waals surface area (Å²) in [7, 11) is 0. The van der Waals surface area contributed by atoms with Crippen LogP contribution >= 0.6 is 0 Å². The van der Waals surface area contributed by atoms with Gasteiger partial charge in [-0.2, -0.15) is 0 Å². The van der Waals surface area contributed by atoms with Crippen LogP contribution in [0.1, 0.15) is 32.9 Å². The van der Waals surface area contributed by atoms with Gasteiger partial charge in [0.05, 0.1) is 5.52 Å². The van der Waals surface area contributed by atoms with Crippen LogP contribution in [0.4, 0.5) is 0 Å². The zero-order valence-electron chi connectivity index (χ0n) is 12.2. The van der Waals surface area contributed by atoms with E-state index in [1.54, 1.807) is 0 Å². The Kier molecular flexibility index (Phi) is 4.92. The van der Waals surface area contributed by atoms with Crippen molar-refractivity contribution in [1.29, 1.82) is 0 Å². The third-order valence-corrected chi connectivity index (χ3v) is 3.36. The van der Waals surface area contributed by atoms with Gasteiger partial charge in [-0.25, -0.2) is 0 Å². The van der Waals surface area contributed by atoms with E-state index in [0.29, 0.717) is 12.0 Å². The standard InChI is InChI=1S/C17H24N2/c1-4-18-16(11-13(2)3)12-15-10-9-14-7-5-6-8-17(14)19-15/h5-10,13,16,18H,4,11-12H2,1-3H3. The molecule has 1 atom stereocenters. The minimum atomic E-state index is 0.527.